The van der Waals surface area contributed by atoms with Crippen LogP contribution in [0.15, 0.2) is 27.7 Å². The third-order valence-corrected chi connectivity index (χ3v) is 3.25. The summed E-state index contributed by atoms with van der Waals surface area (Å²) in [7, 11) is 0. The zero-order valence-corrected chi connectivity index (χ0v) is 13.6. The van der Waals surface area contributed by atoms with Crippen molar-refractivity contribution >= 4 is 21.9 Å². The SMILES string of the molecule is CCNC(=NCc1ccc(Br)cc1C)NCCC(F)(F)F. The first-order chi connectivity index (χ1) is 9.81. The zero-order valence-electron chi connectivity index (χ0n) is 12.0. The molecule has 0 aliphatic carbocycles. The van der Waals surface area contributed by atoms with Crippen LogP contribution < -0.4 is 10.6 Å². The largest absolute Gasteiger partial charge is 0.390 e. The Bertz CT molecular complexity index is 487. The van der Waals surface area contributed by atoms with E-state index in [0.29, 0.717) is 19.0 Å². The molecule has 0 saturated heterocycles. The molecule has 21 heavy (non-hydrogen) atoms. The summed E-state index contributed by atoms with van der Waals surface area (Å²) < 4.78 is 37.4. The normalized spacial score (nSPS) is 12.4. The van der Waals surface area contributed by atoms with Gasteiger partial charge in [0.25, 0.3) is 0 Å². The van der Waals surface area contributed by atoms with Crippen LogP contribution in [0.25, 0.3) is 0 Å². The molecule has 0 bridgehead atoms. The van der Waals surface area contributed by atoms with E-state index in [-0.39, 0.29) is 6.54 Å². The van der Waals surface area contributed by atoms with E-state index in [2.05, 4.69) is 31.6 Å². The van der Waals surface area contributed by atoms with Gasteiger partial charge in [-0.05, 0) is 37.1 Å². The van der Waals surface area contributed by atoms with Crippen molar-refractivity contribution in [2.75, 3.05) is 13.1 Å². The van der Waals surface area contributed by atoms with Crippen LogP contribution in [0.2, 0.25) is 0 Å². The van der Waals surface area contributed by atoms with Gasteiger partial charge in [-0.2, -0.15) is 13.2 Å². The molecule has 0 amide bonds. The molecule has 3 nitrogen and oxygen atoms in total. The number of aryl methyl sites for hydroxylation is 1. The molecule has 0 radical (unpaired) electrons. The fourth-order valence-electron chi connectivity index (χ4n) is 1.67. The Morgan fingerprint density at radius 3 is 2.57 bits per heavy atom. The number of nitrogens with zero attached hydrogens (tertiary/aromatic N) is 1. The summed E-state index contributed by atoms with van der Waals surface area (Å²) in [6.45, 7) is 4.66. The monoisotopic (exact) mass is 365 g/mol. The molecular formula is C14H19BrF3N3. The molecule has 1 rings (SSSR count). The molecule has 0 unspecified atom stereocenters. The van der Waals surface area contributed by atoms with Crippen molar-refractivity contribution in [2.24, 2.45) is 4.99 Å². The van der Waals surface area contributed by atoms with Gasteiger partial charge in [-0.25, -0.2) is 4.99 Å². The van der Waals surface area contributed by atoms with Crippen LogP contribution in [0.3, 0.4) is 0 Å². The van der Waals surface area contributed by atoms with E-state index >= 15 is 0 Å². The van der Waals surface area contributed by atoms with E-state index in [1.165, 1.54) is 0 Å². The Morgan fingerprint density at radius 1 is 1.29 bits per heavy atom. The summed E-state index contributed by atoms with van der Waals surface area (Å²) in [6.07, 6.45) is -5.04. The average Bonchev–Trinajstić information content (AvgIpc) is 2.36. The fraction of sp³-hybridized carbons (Fsp3) is 0.500. The van der Waals surface area contributed by atoms with Gasteiger partial charge in [-0.3, -0.25) is 0 Å². The first-order valence-electron chi connectivity index (χ1n) is 6.66. The molecule has 0 aliphatic heterocycles. The highest BCUT2D eigenvalue weighted by Crippen LogP contribution is 2.18. The number of hydrogen-bond donors (Lipinski definition) is 2. The highest BCUT2D eigenvalue weighted by atomic mass is 79.9. The van der Waals surface area contributed by atoms with E-state index in [1.54, 1.807) is 0 Å². The van der Waals surface area contributed by atoms with E-state index in [4.69, 9.17) is 0 Å². The van der Waals surface area contributed by atoms with E-state index < -0.39 is 12.6 Å². The maximum absolute atomic E-state index is 12.1. The molecule has 0 aromatic heterocycles. The molecule has 0 saturated carbocycles. The Kier molecular flexibility index (Phi) is 7.01. The molecule has 0 heterocycles. The van der Waals surface area contributed by atoms with Crippen LogP contribution in [0, 0.1) is 6.92 Å². The summed E-state index contributed by atoms with van der Waals surface area (Å²) in [5.74, 6) is 0.393. The van der Waals surface area contributed by atoms with Crippen LogP contribution in [0.4, 0.5) is 13.2 Å². The molecule has 0 aliphatic rings. The number of aliphatic imine (C=N–C) groups is 1. The van der Waals surface area contributed by atoms with E-state index in [0.717, 1.165) is 15.6 Å². The van der Waals surface area contributed by atoms with Gasteiger partial charge in [0.1, 0.15) is 0 Å². The lowest BCUT2D eigenvalue weighted by atomic mass is 10.1. The number of guanidine groups is 1. The zero-order chi connectivity index (χ0) is 15.9. The minimum Gasteiger partial charge on any atom is -0.357 e. The summed E-state index contributed by atoms with van der Waals surface area (Å²) in [4.78, 5) is 4.31. The smallest absolute Gasteiger partial charge is 0.357 e. The van der Waals surface area contributed by atoms with Crippen molar-refractivity contribution in [3.8, 4) is 0 Å². The Labute approximate surface area is 131 Å². The van der Waals surface area contributed by atoms with Crippen molar-refractivity contribution in [1.29, 1.82) is 0 Å². The second-order valence-electron chi connectivity index (χ2n) is 4.56. The van der Waals surface area contributed by atoms with Crippen molar-refractivity contribution in [2.45, 2.75) is 33.0 Å². The second kappa shape index (κ2) is 8.26. The highest BCUT2D eigenvalue weighted by molar-refractivity contribution is 9.10. The van der Waals surface area contributed by atoms with Gasteiger partial charge in [0.15, 0.2) is 5.96 Å². The van der Waals surface area contributed by atoms with Crippen molar-refractivity contribution < 1.29 is 13.2 Å². The number of alkyl halides is 3. The van der Waals surface area contributed by atoms with Gasteiger partial charge in [0.05, 0.1) is 13.0 Å². The predicted molar refractivity (Wildman–Crippen MR) is 82.4 cm³/mol. The molecule has 2 N–H and O–H groups in total. The van der Waals surface area contributed by atoms with Crippen LogP contribution in [0.5, 0.6) is 0 Å². The Morgan fingerprint density at radius 2 is 2.00 bits per heavy atom. The van der Waals surface area contributed by atoms with Crippen molar-refractivity contribution in [3.05, 3.63) is 33.8 Å². The quantitative estimate of drug-likeness (QED) is 0.615. The first kappa shape index (κ1) is 17.8. The molecule has 1 aromatic rings. The summed E-state index contributed by atoms with van der Waals surface area (Å²) in [5, 5.41) is 5.62. The fourth-order valence-corrected chi connectivity index (χ4v) is 2.14. The number of nitrogens with one attached hydrogen (secondary N) is 2. The minimum atomic E-state index is -4.16. The first-order valence-corrected chi connectivity index (χ1v) is 7.45. The standard InChI is InChI=1S/C14H19BrF3N3/c1-3-19-13(20-7-6-14(16,17)18)21-9-11-4-5-12(15)8-10(11)2/h4-5,8H,3,6-7,9H2,1-2H3,(H2,19,20,21). The van der Waals surface area contributed by atoms with Crippen LogP contribution in [0.1, 0.15) is 24.5 Å². The van der Waals surface area contributed by atoms with Gasteiger partial charge in [0, 0.05) is 17.6 Å². The highest BCUT2D eigenvalue weighted by Gasteiger charge is 2.26. The summed E-state index contributed by atoms with van der Waals surface area (Å²) in [6, 6.07) is 5.85. The van der Waals surface area contributed by atoms with Gasteiger partial charge in [-0.1, -0.05) is 22.0 Å². The summed E-state index contributed by atoms with van der Waals surface area (Å²) in [5.41, 5.74) is 2.12. The molecule has 0 spiro atoms. The van der Waals surface area contributed by atoms with Gasteiger partial charge in [0.2, 0.25) is 0 Å². The third-order valence-electron chi connectivity index (χ3n) is 2.76. The van der Waals surface area contributed by atoms with Gasteiger partial charge >= 0.3 is 6.18 Å². The van der Waals surface area contributed by atoms with Crippen LogP contribution >= 0.6 is 15.9 Å². The van der Waals surface area contributed by atoms with Crippen LogP contribution in [-0.4, -0.2) is 25.2 Å². The Hall–Kier alpha value is -1.24. The molecule has 118 valence electrons. The van der Waals surface area contributed by atoms with Gasteiger partial charge < -0.3 is 10.6 Å². The Balaban J connectivity index is 2.62. The lowest BCUT2D eigenvalue weighted by Crippen LogP contribution is -2.38. The van der Waals surface area contributed by atoms with Crippen molar-refractivity contribution in [1.82, 2.24) is 10.6 Å². The molecule has 7 heteroatoms. The number of hydrogen-bond acceptors (Lipinski definition) is 1. The van der Waals surface area contributed by atoms with Crippen molar-refractivity contribution in [3.63, 3.8) is 0 Å². The number of benzene rings is 1. The third kappa shape index (κ3) is 7.36. The van der Waals surface area contributed by atoms with Crippen LogP contribution in [-0.2, 0) is 6.54 Å². The molecule has 1 aromatic carbocycles. The second-order valence-corrected chi connectivity index (χ2v) is 5.47. The maximum Gasteiger partial charge on any atom is 0.390 e. The molecule has 0 fully saturated rings. The van der Waals surface area contributed by atoms with Gasteiger partial charge in [-0.15, -0.1) is 0 Å². The topological polar surface area (TPSA) is 36.4 Å². The maximum atomic E-state index is 12.1. The summed E-state index contributed by atoms with van der Waals surface area (Å²) >= 11 is 3.39. The molecule has 0 atom stereocenters. The number of rotatable bonds is 5. The average molecular weight is 366 g/mol. The minimum absolute atomic E-state index is 0.186. The van der Waals surface area contributed by atoms with E-state index in [1.807, 2.05) is 32.0 Å². The molecular weight excluding hydrogens is 347 g/mol. The number of halogens is 4. The lowest BCUT2D eigenvalue weighted by molar-refractivity contribution is -0.132. The van der Waals surface area contributed by atoms with E-state index in [9.17, 15) is 13.2 Å². The lowest BCUT2D eigenvalue weighted by Gasteiger charge is -2.13. The predicted octanol–water partition coefficient (Wildman–Crippen LogP) is 3.77.